The summed E-state index contributed by atoms with van der Waals surface area (Å²) < 4.78 is 34.2. The van der Waals surface area contributed by atoms with E-state index in [1.807, 2.05) is 0 Å². The zero-order valence-electron chi connectivity index (χ0n) is 18.3. The van der Waals surface area contributed by atoms with Crippen LogP contribution in [0.15, 0.2) is 28.9 Å². The van der Waals surface area contributed by atoms with E-state index in [9.17, 15) is 4.79 Å². The molecular formula is C22H27NO8. The molecule has 0 radical (unpaired) electrons. The Hall–Kier alpha value is -2.46. The van der Waals surface area contributed by atoms with Gasteiger partial charge in [-0.1, -0.05) is 5.16 Å². The molecule has 0 N–H and O–H groups in total. The molecule has 168 valence electrons. The Morgan fingerprint density at radius 2 is 1.77 bits per heavy atom. The van der Waals surface area contributed by atoms with Gasteiger partial charge in [-0.3, -0.25) is 4.79 Å². The molecular weight excluding hydrogens is 406 g/mol. The molecule has 31 heavy (non-hydrogen) atoms. The van der Waals surface area contributed by atoms with Crippen molar-refractivity contribution < 1.29 is 38.1 Å². The van der Waals surface area contributed by atoms with Gasteiger partial charge in [-0.25, -0.2) is 0 Å². The number of nitrogens with zero attached hydrogens (tertiary/aromatic N) is 1. The van der Waals surface area contributed by atoms with Crippen LogP contribution in [0.2, 0.25) is 0 Å². The van der Waals surface area contributed by atoms with Crippen molar-refractivity contribution in [1.29, 1.82) is 0 Å². The third kappa shape index (κ3) is 3.41. The predicted octanol–water partition coefficient (Wildman–Crippen LogP) is 2.38. The van der Waals surface area contributed by atoms with Crippen LogP contribution < -0.4 is 9.47 Å². The Balaban J connectivity index is 1.85. The number of ketones is 1. The molecule has 1 fully saturated rings. The van der Waals surface area contributed by atoms with E-state index in [1.54, 1.807) is 33.3 Å². The molecule has 4 rings (SSSR count). The Morgan fingerprint density at radius 3 is 2.39 bits per heavy atom. The molecule has 1 saturated heterocycles. The second kappa shape index (κ2) is 8.58. The number of ether oxygens (including phenoxy) is 6. The molecule has 0 aromatic heterocycles. The van der Waals surface area contributed by atoms with Gasteiger partial charge in [0.05, 0.1) is 33.0 Å². The summed E-state index contributed by atoms with van der Waals surface area (Å²) in [5, 5.41) is 4.32. The smallest absolute Gasteiger partial charge is 0.232 e. The number of carbonyl (C=O) groups excluding carboxylic acids is 1. The second-order valence-electron chi connectivity index (χ2n) is 7.51. The zero-order chi connectivity index (χ0) is 22.2. The first-order valence-electron chi connectivity index (χ1n) is 10.1. The van der Waals surface area contributed by atoms with Crippen molar-refractivity contribution in [1.82, 2.24) is 0 Å². The highest BCUT2D eigenvalue weighted by atomic mass is 16.7. The monoisotopic (exact) mass is 433 g/mol. The van der Waals surface area contributed by atoms with Crippen LogP contribution in [-0.4, -0.2) is 65.0 Å². The molecule has 0 spiro atoms. The van der Waals surface area contributed by atoms with E-state index in [4.69, 9.17) is 33.3 Å². The summed E-state index contributed by atoms with van der Waals surface area (Å²) in [4.78, 5) is 18.9. The lowest BCUT2D eigenvalue weighted by atomic mass is 9.76. The standard InChI is InChI=1S/C22H27NO8/c1-12-9-15(24)18-19(23-31-20(18)22(12,27-4)28-5)17-14(21-29-7-6-8-30-21)10-13(25-2)11-16(17)26-3/h9-11,18,20-21H,6-8H2,1-5H3/t18-,20+/m1/s1. The number of oxime groups is 1. The van der Waals surface area contributed by atoms with Gasteiger partial charge < -0.3 is 33.3 Å². The normalized spacial score (nSPS) is 25.4. The van der Waals surface area contributed by atoms with Gasteiger partial charge in [0.2, 0.25) is 11.9 Å². The molecule has 0 amide bonds. The minimum absolute atomic E-state index is 0.155. The number of fused-ring (bicyclic) bond motifs is 1. The largest absolute Gasteiger partial charge is 0.497 e. The van der Waals surface area contributed by atoms with Crippen LogP contribution in [0.5, 0.6) is 11.5 Å². The van der Waals surface area contributed by atoms with Crippen molar-refractivity contribution in [2.75, 3.05) is 41.7 Å². The topological polar surface area (TPSA) is 94.0 Å². The van der Waals surface area contributed by atoms with Crippen molar-refractivity contribution in [3.8, 4) is 11.5 Å². The molecule has 2 aliphatic heterocycles. The average molecular weight is 433 g/mol. The second-order valence-corrected chi connectivity index (χ2v) is 7.51. The summed E-state index contributed by atoms with van der Waals surface area (Å²) in [6.45, 7) is 2.87. The van der Waals surface area contributed by atoms with Crippen LogP contribution in [0.4, 0.5) is 0 Å². The average Bonchev–Trinajstić information content (AvgIpc) is 3.25. The van der Waals surface area contributed by atoms with Gasteiger partial charge in [0.1, 0.15) is 23.1 Å². The fraction of sp³-hybridized carbons (Fsp3) is 0.545. The highest BCUT2D eigenvalue weighted by molar-refractivity contribution is 6.20. The van der Waals surface area contributed by atoms with Crippen LogP contribution in [0, 0.1) is 5.92 Å². The minimum Gasteiger partial charge on any atom is -0.497 e. The first-order valence-corrected chi connectivity index (χ1v) is 10.1. The third-order valence-electron chi connectivity index (χ3n) is 5.96. The molecule has 0 bridgehead atoms. The van der Waals surface area contributed by atoms with Crippen LogP contribution in [-0.2, 0) is 28.6 Å². The van der Waals surface area contributed by atoms with E-state index in [2.05, 4.69) is 5.16 Å². The first kappa shape index (κ1) is 21.8. The summed E-state index contributed by atoms with van der Waals surface area (Å²) >= 11 is 0. The lowest BCUT2D eigenvalue weighted by Gasteiger charge is -2.40. The molecule has 9 nitrogen and oxygen atoms in total. The van der Waals surface area contributed by atoms with Gasteiger partial charge in [-0.2, -0.15) is 0 Å². The minimum atomic E-state index is -1.23. The van der Waals surface area contributed by atoms with Gasteiger partial charge in [-0.15, -0.1) is 0 Å². The van der Waals surface area contributed by atoms with Crippen LogP contribution in [0.3, 0.4) is 0 Å². The number of hydrogen-bond donors (Lipinski definition) is 0. The summed E-state index contributed by atoms with van der Waals surface area (Å²) in [6, 6.07) is 3.53. The third-order valence-corrected chi connectivity index (χ3v) is 5.96. The zero-order valence-corrected chi connectivity index (χ0v) is 18.3. The Bertz CT molecular complexity index is 914. The molecule has 1 aromatic rings. The number of benzene rings is 1. The Labute approximate surface area is 180 Å². The lowest BCUT2D eigenvalue weighted by Crippen LogP contribution is -2.55. The molecule has 2 heterocycles. The molecule has 0 saturated carbocycles. The maximum Gasteiger partial charge on any atom is 0.232 e. The van der Waals surface area contributed by atoms with Crippen molar-refractivity contribution in [2.45, 2.75) is 31.5 Å². The summed E-state index contributed by atoms with van der Waals surface area (Å²) in [6.07, 6.45) is 0.874. The maximum atomic E-state index is 13.1. The molecule has 9 heteroatoms. The van der Waals surface area contributed by atoms with Gasteiger partial charge >= 0.3 is 0 Å². The Kier molecular flexibility index (Phi) is 6.02. The van der Waals surface area contributed by atoms with Crippen molar-refractivity contribution >= 4 is 11.5 Å². The quantitative estimate of drug-likeness (QED) is 0.632. The van der Waals surface area contributed by atoms with Gasteiger partial charge in [0.25, 0.3) is 0 Å². The number of allylic oxidation sites excluding steroid dienone is 1. The van der Waals surface area contributed by atoms with E-state index in [0.717, 1.165) is 6.42 Å². The SMILES string of the molecule is COc1cc(OC)c(C2=NO[C@H]3[C@@H]2C(=O)C=C(C)C3(OC)OC)c(C2OCCCO2)c1. The van der Waals surface area contributed by atoms with E-state index in [1.165, 1.54) is 20.3 Å². The number of hydrogen-bond acceptors (Lipinski definition) is 9. The van der Waals surface area contributed by atoms with Crippen molar-refractivity contribution in [2.24, 2.45) is 11.1 Å². The van der Waals surface area contributed by atoms with Crippen LogP contribution in [0.25, 0.3) is 0 Å². The van der Waals surface area contributed by atoms with Crippen molar-refractivity contribution in [3.63, 3.8) is 0 Å². The van der Waals surface area contributed by atoms with E-state index in [0.29, 0.717) is 47.1 Å². The molecule has 0 unspecified atom stereocenters. The van der Waals surface area contributed by atoms with E-state index in [-0.39, 0.29) is 5.78 Å². The fourth-order valence-electron chi connectivity index (χ4n) is 4.43. The highest BCUT2D eigenvalue weighted by Crippen LogP contribution is 2.45. The predicted molar refractivity (Wildman–Crippen MR) is 109 cm³/mol. The molecule has 3 aliphatic rings. The van der Waals surface area contributed by atoms with Crippen LogP contribution in [0.1, 0.15) is 30.8 Å². The number of methoxy groups -OCH3 is 4. The van der Waals surface area contributed by atoms with Gasteiger partial charge in [0, 0.05) is 25.8 Å². The van der Waals surface area contributed by atoms with Crippen molar-refractivity contribution in [3.05, 3.63) is 34.9 Å². The lowest BCUT2D eigenvalue weighted by molar-refractivity contribution is -0.248. The molecule has 1 aromatic carbocycles. The fourth-order valence-corrected chi connectivity index (χ4v) is 4.43. The van der Waals surface area contributed by atoms with Gasteiger partial charge in [-0.05, 0) is 31.1 Å². The van der Waals surface area contributed by atoms with Crippen LogP contribution >= 0.6 is 0 Å². The summed E-state index contributed by atoms with van der Waals surface area (Å²) in [5.41, 5.74) is 2.24. The number of rotatable bonds is 6. The maximum absolute atomic E-state index is 13.1. The number of carbonyl (C=O) groups is 1. The van der Waals surface area contributed by atoms with Gasteiger partial charge in [0.15, 0.2) is 12.1 Å². The summed E-state index contributed by atoms with van der Waals surface area (Å²) in [5.74, 6) is -1.11. The Morgan fingerprint density at radius 1 is 1.06 bits per heavy atom. The first-order chi connectivity index (χ1) is 15.0. The summed E-state index contributed by atoms with van der Waals surface area (Å²) in [7, 11) is 6.13. The van der Waals surface area contributed by atoms with E-state index < -0.39 is 24.1 Å². The molecule has 1 aliphatic carbocycles. The molecule has 2 atom stereocenters. The highest BCUT2D eigenvalue weighted by Gasteiger charge is 2.58. The van der Waals surface area contributed by atoms with E-state index >= 15 is 0 Å².